The molecule has 0 aromatic heterocycles. The molecular formula is C73H122N4O52. The number of carbonyl (C=O) groups excluding carboxylic acids is 5. The minimum absolute atomic E-state index is 0.254. The molecule has 0 aromatic carbocycles. The van der Waals surface area contributed by atoms with Crippen LogP contribution in [0, 0.1) is 5.92 Å². The molecule has 4 amide bonds. The molecule has 0 bridgehead atoms. The van der Waals surface area contributed by atoms with Crippen molar-refractivity contribution in [1.82, 2.24) is 21.3 Å². The van der Waals surface area contributed by atoms with Gasteiger partial charge in [0.1, 0.15) is 226 Å². The van der Waals surface area contributed by atoms with E-state index in [4.69, 9.17) is 94.7 Å². The summed E-state index contributed by atoms with van der Waals surface area (Å²) in [7, 11) is 0. The van der Waals surface area contributed by atoms with Gasteiger partial charge in [-0.05, 0) is 6.92 Å². The summed E-state index contributed by atoms with van der Waals surface area (Å²) in [4.78, 5) is 63.8. The highest BCUT2D eigenvalue weighted by molar-refractivity contribution is 5.74. The quantitative estimate of drug-likeness (QED) is 0.0205. The molecule has 0 aliphatic carbocycles. The van der Waals surface area contributed by atoms with Crippen molar-refractivity contribution in [2.24, 2.45) is 5.92 Å². The van der Waals surface area contributed by atoms with E-state index < -0.39 is 408 Å². The number of ether oxygens (including phenoxy) is 20. The van der Waals surface area contributed by atoms with Gasteiger partial charge in [-0.1, -0.05) is 6.92 Å². The van der Waals surface area contributed by atoms with Crippen LogP contribution in [0.1, 0.15) is 48.0 Å². The number of hydrogen-bond donors (Lipinski definition) is 31. The van der Waals surface area contributed by atoms with Gasteiger partial charge in [0.05, 0.1) is 96.8 Å². The number of hydrogen-bond acceptors (Lipinski definition) is 52. The molecule has 10 aliphatic rings. The Kier molecular flexibility index (Phi) is 38.5. The van der Waals surface area contributed by atoms with Crippen LogP contribution in [0.5, 0.6) is 0 Å². The van der Waals surface area contributed by atoms with E-state index in [1.807, 2.05) is 0 Å². The fourth-order valence-electron chi connectivity index (χ4n) is 17.0. The van der Waals surface area contributed by atoms with Crippen LogP contribution >= 0.6 is 0 Å². The molecule has 10 saturated heterocycles. The average molecular weight is 1890 g/mol. The van der Waals surface area contributed by atoms with Crippen molar-refractivity contribution in [2.75, 3.05) is 66.1 Å². The topological polar surface area (TPSA) is 864 Å². The summed E-state index contributed by atoms with van der Waals surface area (Å²) in [5.74, 6) is -7.56. The molecule has 10 aliphatic heterocycles. The smallest absolute Gasteiger partial charge is 0.332 e. The molecule has 31 N–H and O–H groups in total. The van der Waals surface area contributed by atoms with Crippen LogP contribution in [0.25, 0.3) is 0 Å². The Morgan fingerprint density at radius 1 is 0.349 bits per heavy atom. The van der Waals surface area contributed by atoms with E-state index in [9.17, 15) is 162 Å². The van der Waals surface area contributed by atoms with Crippen molar-refractivity contribution < 1.29 is 257 Å². The van der Waals surface area contributed by atoms with Crippen LogP contribution < -0.4 is 21.3 Å². The van der Waals surface area contributed by atoms with E-state index in [0.29, 0.717) is 0 Å². The first kappa shape index (κ1) is 107. The molecule has 56 nitrogen and oxygen atoms in total. The first-order chi connectivity index (χ1) is 61.0. The Hall–Kier alpha value is -4.49. The lowest BCUT2D eigenvalue weighted by Crippen LogP contribution is -2.71. The SMILES string of the molecule is CC(=O)NC1C(O)[C@H](O[C@@H]2OC(CO)[C@H](O)[C@H](O[C@]3(OC=O)C[C@@H](O)[C@@H](C)C(C(O)C(O)CO)O3)C2O)[C@H](CO)O[C@H]1OC1[C@@H](OCC2O[C@@H](O[C@@H]3C(CO)O[C@@H](O[C@@H]4C(CO)O[C@@H](C)C(NC(C)=O)[C@H]4O)C(NC(C)=O)[C@H]3O)C(O)[C@@H](O[C@H]3OC(CO)[C@@H](O)C(O)C3O[C@@H]3OC(CO)[C@@H](O[C@@H]4OC(CO)[C@H](O)[C@H](O)C4O)[C@H](O)C3NC(C)=O)[C@@H]2O)OC(CO)[C@@H](O)[C@@H]1O. The third kappa shape index (κ3) is 23.7. The van der Waals surface area contributed by atoms with Gasteiger partial charge >= 0.3 is 5.97 Å². The van der Waals surface area contributed by atoms with Crippen LogP contribution in [-0.4, -0.2) is 540 Å². The van der Waals surface area contributed by atoms with Gasteiger partial charge < -0.3 is 254 Å². The van der Waals surface area contributed by atoms with E-state index in [0.717, 1.165) is 27.7 Å². The zero-order chi connectivity index (χ0) is 95.1. The highest BCUT2D eigenvalue weighted by atomic mass is 16.9. The summed E-state index contributed by atoms with van der Waals surface area (Å²) in [6.07, 6.45) is -94.7. The lowest BCUT2D eigenvalue weighted by Gasteiger charge is -2.51. The summed E-state index contributed by atoms with van der Waals surface area (Å²) in [6.45, 7) is -4.83. The first-order valence-electron chi connectivity index (χ1n) is 41.4. The molecule has 51 atom stereocenters. The normalized spacial score (nSPS) is 48.1. The number of amides is 4. The van der Waals surface area contributed by atoms with Gasteiger partial charge in [0, 0.05) is 33.6 Å². The predicted octanol–water partition coefficient (Wildman–Crippen LogP) is -20.6. The molecule has 10 heterocycles. The maximum atomic E-state index is 13.2. The van der Waals surface area contributed by atoms with Crippen LogP contribution in [0.3, 0.4) is 0 Å². The highest BCUT2D eigenvalue weighted by Crippen LogP contribution is 2.44. The van der Waals surface area contributed by atoms with Crippen LogP contribution in [0.4, 0.5) is 0 Å². The van der Waals surface area contributed by atoms with Crippen molar-refractivity contribution in [1.29, 1.82) is 0 Å². The van der Waals surface area contributed by atoms with Gasteiger partial charge in [0.25, 0.3) is 6.47 Å². The first-order valence-corrected chi connectivity index (χ1v) is 41.4. The molecule has 746 valence electrons. The second-order valence-corrected chi connectivity index (χ2v) is 32.9. The fraction of sp³-hybridized carbons (Fsp3) is 0.932. The third-order valence-corrected chi connectivity index (χ3v) is 24.0. The Morgan fingerprint density at radius 2 is 0.667 bits per heavy atom. The maximum Gasteiger partial charge on any atom is 0.332 e. The van der Waals surface area contributed by atoms with E-state index in [2.05, 4.69) is 21.3 Å². The van der Waals surface area contributed by atoms with Crippen molar-refractivity contribution in [3.8, 4) is 0 Å². The third-order valence-electron chi connectivity index (χ3n) is 24.0. The number of aliphatic hydroxyl groups excluding tert-OH is 27. The van der Waals surface area contributed by atoms with E-state index in [1.165, 1.54) is 13.8 Å². The summed E-state index contributed by atoms with van der Waals surface area (Å²) in [5.41, 5.74) is 0. The van der Waals surface area contributed by atoms with Crippen LogP contribution in [0.2, 0.25) is 0 Å². The van der Waals surface area contributed by atoms with Gasteiger partial charge in [0.2, 0.25) is 23.6 Å². The second-order valence-electron chi connectivity index (χ2n) is 32.9. The Bertz CT molecular complexity index is 3520. The predicted molar refractivity (Wildman–Crippen MR) is 399 cm³/mol. The number of nitrogens with one attached hydrogen (secondary N) is 4. The van der Waals surface area contributed by atoms with Crippen molar-refractivity contribution in [3.63, 3.8) is 0 Å². The Labute approximate surface area is 732 Å². The van der Waals surface area contributed by atoms with E-state index in [1.54, 1.807) is 0 Å². The molecule has 0 spiro atoms. The zero-order valence-corrected chi connectivity index (χ0v) is 70.0. The number of carbonyl (C=O) groups is 5. The van der Waals surface area contributed by atoms with E-state index >= 15 is 0 Å². The standard InChI is InChI=1S/C73H122N4O52/c1-19-25(92)7-73(111-18-87,128-56(19)40(94)26(93)8-78)129-62-44(98)30(12-82)114-70(55(62)109)124-60-34(16-86)118-66(38(49(60)103)76-23(5)90)126-63-51(105)42(96)28(10-80)115-71(63)110-17-35-45(99)61(54(108)69(120-35)123-59-33(15-85)117-65(37(47(59)101)75-22(4)89)121-57-31(13-83)112-20(2)36(46(57)100)74-21(3)88)125-72-64(52(106)43(97)29(11-81)116-72)127-67-39(77-24(6)91)48(102)58(32(14-84)119-67)122-68-53(107)50(104)41(95)27(9-79)113-68/h18-20,25-72,78-86,92-109H,7-17H2,1-6H3,(H,74,88)(H,75,89)(H,76,90)(H,77,91)/t19-,20+,25-,26?,27?,28?,29?,30?,31?,32?,33?,34+,35?,36?,37?,38?,39?,40?,41+,42-,43-,44+,45-,46-,47-,48-,49?,50+,51+,52?,53?,54?,55?,56?,57-,58-,59-,60-,61+,62+,63?,64?,65+,66+,67+,68+,69+,70+,71+,72-,73+/m1/s1. The van der Waals surface area contributed by atoms with Gasteiger partial charge in [-0.25, -0.2) is 0 Å². The Balaban J connectivity index is 0.967. The minimum Gasteiger partial charge on any atom is -0.410 e. The van der Waals surface area contributed by atoms with Gasteiger partial charge in [-0.3, -0.25) is 24.0 Å². The molecule has 22 unspecified atom stereocenters. The minimum atomic E-state index is -2.88. The molecule has 10 rings (SSSR count). The Morgan fingerprint density at radius 3 is 1.08 bits per heavy atom. The van der Waals surface area contributed by atoms with Gasteiger partial charge in [0.15, 0.2) is 50.3 Å². The maximum absolute atomic E-state index is 13.2. The lowest BCUT2D eigenvalue weighted by molar-refractivity contribution is -0.448. The summed E-state index contributed by atoms with van der Waals surface area (Å²) >= 11 is 0. The average Bonchev–Trinajstić information content (AvgIpc) is 0.759. The number of aliphatic hydroxyl groups is 27. The molecule has 0 aromatic rings. The van der Waals surface area contributed by atoms with E-state index in [-0.39, 0.29) is 6.47 Å². The number of rotatable bonds is 36. The largest absolute Gasteiger partial charge is 0.410 e. The molecule has 56 heteroatoms. The highest BCUT2D eigenvalue weighted by Gasteiger charge is 2.63. The molecule has 10 fully saturated rings. The fourth-order valence-corrected chi connectivity index (χ4v) is 17.0. The molecule has 0 radical (unpaired) electrons. The van der Waals surface area contributed by atoms with Crippen molar-refractivity contribution >= 4 is 30.1 Å². The summed E-state index contributed by atoms with van der Waals surface area (Å²) in [6, 6.07) is -7.16. The molecule has 129 heavy (non-hydrogen) atoms. The van der Waals surface area contributed by atoms with Crippen molar-refractivity contribution in [3.05, 3.63) is 0 Å². The van der Waals surface area contributed by atoms with Crippen LogP contribution in [-0.2, 0) is 119 Å². The molecule has 0 saturated carbocycles. The van der Waals surface area contributed by atoms with Crippen molar-refractivity contribution in [2.45, 2.75) is 354 Å². The zero-order valence-electron chi connectivity index (χ0n) is 70.0. The second kappa shape index (κ2) is 46.6. The lowest BCUT2D eigenvalue weighted by atomic mass is 9.87. The van der Waals surface area contributed by atoms with Gasteiger partial charge in [-0.15, -0.1) is 0 Å². The van der Waals surface area contributed by atoms with Gasteiger partial charge in [-0.2, -0.15) is 0 Å². The van der Waals surface area contributed by atoms with Crippen LogP contribution in [0.15, 0.2) is 0 Å². The summed E-state index contributed by atoms with van der Waals surface area (Å²) in [5, 5.41) is 313. The summed E-state index contributed by atoms with van der Waals surface area (Å²) < 4.78 is 119. The monoisotopic (exact) mass is 1890 g/mol. The molecular weight excluding hydrogens is 1760 g/mol.